The van der Waals surface area contributed by atoms with E-state index in [4.69, 9.17) is 0 Å². The standard InChI is InChI=1S/C21H19N3O6/c25-18(26)11-16(21(29)30)23-19(27)17(10-13-6-2-1-3-7-13)24-12-22-15-9-5-4-8-14(15)20(24)28/h1-9,12,16-17H,10-11H2,(H,23,27)(H,25,26)(H,29,30)/p-2/t16-,17-/m0/s1. The summed E-state index contributed by atoms with van der Waals surface area (Å²) in [6, 6.07) is 12.4. The van der Waals surface area contributed by atoms with Gasteiger partial charge in [-0.2, -0.15) is 0 Å². The fraction of sp³-hybridized carbons (Fsp3) is 0.190. The van der Waals surface area contributed by atoms with Gasteiger partial charge in [0.2, 0.25) is 5.91 Å². The van der Waals surface area contributed by atoms with Crippen LogP contribution >= 0.6 is 0 Å². The summed E-state index contributed by atoms with van der Waals surface area (Å²) in [5.41, 5.74) is 0.673. The summed E-state index contributed by atoms with van der Waals surface area (Å²) < 4.78 is 1.11. The maximum Gasteiger partial charge on any atom is 0.261 e. The zero-order chi connectivity index (χ0) is 21.7. The molecule has 1 aromatic heterocycles. The lowest BCUT2D eigenvalue weighted by Crippen LogP contribution is -2.52. The molecular weight excluding hydrogens is 390 g/mol. The first-order valence-corrected chi connectivity index (χ1v) is 9.07. The second kappa shape index (κ2) is 8.99. The lowest BCUT2D eigenvalue weighted by atomic mass is 10.0. The van der Waals surface area contributed by atoms with E-state index in [2.05, 4.69) is 10.3 Å². The summed E-state index contributed by atoms with van der Waals surface area (Å²) in [6.07, 6.45) is 0.305. The van der Waals surface area contributed by atoms with Crippen molar-refractivity contribution in [2.45, 2.75) is 24.9 Å². The van der Waals surface area contributed by atoms with Gasteiger partial charge in [-0.15, -0.1) is 0 Å². The van der Waals surface area contributed by atoms with E-state index in [0.29, 0.717) is 11.1 Å². The number of carbonyl (C=O) groups is 3. The number of aliphatic carboxylic acids is 2. The molecule has 3 aromatic rings. The third-order valence-corrected chi connectivity index (χ3v) is 4.57. The zero-order valence-corrected chi connectivity index (χ0v) is 15.7. The van der Waals surface area contributed by atoms with Crippen molar-refractivity contribution in [1.82, 2.24) is 14.9 Å². The Morgan fingerprint density at radius 1 is 1.00 bits per heavy atom. The van der Waals surface area contributed by atoms with Crippen LogP contribution in [0.1, 0.15) is 18.0 Å². The van der Waals surface area contributed by atoms with E-state index in [1.807, 2.05) is 0 Å². The topological polar surface area (TPSA) is 144 Å². The fourth-order valence-corrected chi connectivity index (χ4v) is 3.09. The Morgan fingerprint density at radius 2 is 1.67 bits per heavy atom. The van der Waals surface area contributed by atoms with E-state index >= 15 is 0 Å². The minimum absolute atomic E-state index is 0.0533. The largest absolute Gasteiger partial charge is 0.550 e. The van der Waals surface area contributed by atoms with Crippen molar-refractivity contribution in [3.63, 3.8) is 0 Å². The molecule has 9 nitrogen and oxygen atoms in total. The first-order valence-electron chi connectivity index (χ1n) is 9.07. The number of nitrogens with one attached hydrogen (secondary N) is 1. The molecule has 30 heavy (non-hydrogen) atoms. The normalized spacial score (nSPS) is 12.8. The van der Waals surface area contributed by atoms with Crippen LogP contribution in [0.15, 0.2) is 65.7 Å². The SMILES string of the molecule is O=C([O-])C[C@H](NC(=O)[C@H](Cc1ccccc1)n1cnc2ccccc2c1=O)C(=O)[O-]. The average Bonchev–Trinajstić information content (AvgIpc) is 2.72. The van der Waals surface area contributed by atoms with Crippen LogP contribution in [0.2, 0.25) is 0 Å². The molecule has 2 atom stereocenters. The van der Waals surface area contributed by atoms with E-state index in [1.165, 1.54) is 6.33 Å². The molecule has 0 radical (unpaired) electrons. The molecule has 1 heterocycles. The molecule has 0 bridgehead atoms. The number of hydrogen-bond acceptors (Lipinski definition) is 7. The lowest BCUT2D eigenvalue weighted by Gasteiger charge is -2.25. The summed E-state index contributed by atoms with van der Waals surface area (Å²) >= 11 is 0. The molecule has 9 heteroatoms. The predicted octanol–water partition coefficient (Wildman–Crippen LogP) is -1.44. The minimum atomic E-state index is -1.80. The van der Waals surface area contributed by atoms with E-state index in [0.717, 1.165) is 4.57 Å². The molecule has 0 unspecified atom stereocenters. The van der Waals surface area contributed by atoms with Gasteiger partial charge >= 0.3 is 0 Å². The van der Waals surface area contributed by atoms with Crippen molar-refractivity contribution in [2.75, 3.05) is 0 Å². The number of carbonyl (C=O) groups excluding carboxylic acids is 3. The van der Waals surface area contributed by atoms with Crippen molar-refractivity contribution < 1.29 is 24.6 Å². The fourth-order valence-electron chi connectivity index (χ4n) is 3.09. The molecule has 2 aromatic carbocycles. The third kappa shape index (κ3) is 4.69. The Hall–Kier alpha value is -4.01. The Labute approximate surface area is 170 Å². The van der Waals surface area contributed by atoms with Gasteiger partial charge in [0.05, 0.1) is 29.2 Å². The molecule has 0 aliphatic rings. The monoisotopic (exact) mass is 407 g/mol. The van der Waals surface area contributed by atoms with Gasteiger partial charge in [0.1, 0.15) is 6.04 Å². The Balaban J connectivity index is 2.01. The summed E-state index contributed by atoms with van der Waals surface area (Å²) in [5, 5.41) is 24.5. The molecule has 0 fully saturated rings. The molecule has 0 spiro atoms. The van der Waals surface area contributed by atoms with Crippen LogP contribution in [-0.2, 0) is 20.8 Å². The van der Waals surface area contributed by atoms with Gasteiger partial charge in [-0.25, -0.2) is 4.98 Å². The molecule has 1 amide bonds. The highest BCUT2D eigenvalue weighted by Crippen LogP contribution is 2.15. The van der Waals surface area contributed by atoms with Gasteiger partial charge in [-0.1, -0.05) is 42.5 Å². The van der Waals surface area contributed by atoms with Crippen molar-refractivity contribution in [3.8, 4) is 0 Å². The number of para-hydroxylation sites is 1. The van der Waals surface area contributed by atoms with Crippen molar-refractivity contribution in [3.05, 3.63) is 76.8 Å². The number of nitrogens with zero attached hydrogens (tertiary/aromatic N) is 2. The number of hydrogen-bond donors (Lipinski definition) is 1. The highest BCUT2D eigenvalue weighted by atomic mass is 16.4. The highest BCUT2D eigenvalue weighted by Gasteiger charge is 2.26. The number of carboxylic acids is 2. The highest BCUT2D eigenvalue weighted by molar-refractivity contribution is 5.88. The van der Waals surface area contributed by atoms with Gasteiger partial charge in [-0.05, 0) is 17.7 Å². The summed E-state index contributed by atoms with van der Waals surface area (Å²) in [6.45, 7) is 0. The molecule has 0 saturated carbocycles. The van der Waals surface area contributed by atoms with E-state index < -0.39 is 41.9 Å². The van der Waals surface area contributed by atoms with Crippen molar-refractivity contribution in [1.29, 1.82) is 0 Å². The summed E-state index contributed by atoms with van der Waals surface area (Å²) in [5.74, 6) is -4.28. The molecule has 154 valence electrons. The molecule has 3 rings (SSSR count). The molecule has 1 N–H and O–H groups in total. The molecule has 0 aliphatic carbocycles. The number of rotatable bonds is 8. The molecule has 0 saturated heterocycles. The van der Waals surface area contributed by atoms with Gasteiger partial charge in [0.25, 0.3) is 5.56 Å². The smallest absolute Gasteiger partial charge is 0.261 e. The number of amides is 1. The van der Waals surface area contributed by atoms with Gasteiger partial charge in [0, 0.05) is 18.8 Å². The van der Waals surface area contributed by atoms with Gasteiger partial charge < -0.3 is 25.1 Å². The second-order valence-electron chi connectivity index (χ2n) is 6.64. The van der Waals surface area contributed by atoms with Crippen LogP contribution in [0.25, 0.3) is 10.9 Å². The van der Waals surface area contributed by atoms with Crippen molar-refractivity contribution in [2.24, 2.45) is 0 Å². The quantitative estimate of drug-likeness (QED) is 0.481. The second-order valence-corrected chi connectivity index (χ2v) is 6.64. The van der Waals surface area contributed by atoms with Gasteiger partial charge in [-0.3, -0.25) is 14.2 Å². The maximum atomic E-state index is 13.0. The number of carboxylic acid groups (broad SMARTS) is 2. The maximum absolute atomic E-state index is 13.0. The number of fused-ring (bicyclic) bond motifs is 1. The lowest BCUT2D eigenvalue weighted by molar-refractivity contribution is -0.317. The van der Waals surface area contributed by atoms with Crippen LogP contribution in [0.4, 0.5) is 0 Å². The van der Waals surface area contributed by atoms with Crippen LogP contribution in [0.3, 0.4) is 0 Å². The first-order chi connectivity index (χ1) is 14.4. The molecular formula is C21H17N3O6-2. The summed E-state index contributed by atoms with van der Waals surface area (Å²) in [7, 11) is 0. The predicted molar refractivity (Wildman–Crippen MR) is 102 cm³/mol. The number of aromatic nitrogens is 2. The Bertz CT molecular complexity index is 1140. The Morgan fingerprint density at radius 3 is 2.33 bits per heavy atom. The van der Waals surface area contributed by atoms with Crippen LogP contribution in [-0.4, -0.2) is 33.4 Å². The minimum Gasteiger partial charge on any atom is -0.550 e. The van der Waals surface area contributed by atoms with Crippen LogP contribution < -0.4 is 21.1 Å². The summed E-state index contributed by atoms with van der Waals surface area (Å²) in [4.78, 5) is 52.1. The average molecular weight is 407 g/mol. The number of benzene rings is 2. The zero-order valence-electron chi connectivity index (χ0n) is 15.7. The van der Waals surface area contributed by atoms with E-state index in [-0.39, 0.29) is 11.8 Å². The van der Waals surface area contributed by atoms with E-state index in [9.17, 15) is 29.4 Å². The first kappa shape index (κ1) is 20.7. The Kier molecular flexibility index (Phi) is 6.21. The molecule has 0 aliphatic heterocycles. The van der Waals surface area contributed by atoms with Crippen LogP contribution in [0.5, 0.6) is 0 Å². The van der Waals surface area contributed by atoms with E-state index in [1.54, 1.807) is 54.6 Å². The van der Waals surface area contributed by atoms with Crippen LogP contribution in [0, 0.1) is 0 Å². The third-order valence-electron chi connectivity index (χ3n) is 4.57. The van der Waals surface area contributed by atoms with Gasteiger partial charge in [0.15, 0.2) is 0 Å². The van der Waals surface area contributed by atoms with Crippen molar-refractivity contribution >= 4 is 28.7 Å².